The Morgan fingerprint density at radius 2 is 1.92 bits per heavy atom. The van der Waals surface area contributed by atoms with Crippen molar-refractivity contribution < 1.29 is 9.59 Å². The number of alkyl halides is 1. The zero-order valence-corrected chi connectivity index (χ0v) is 15.6. The number of nitrogens with zero attached hydrogens (tertiary/aromatic N) is 1. The van der Waals surface area contributed by atoms with Crippen LogP contribution in [0.4, 0.5) is 11.4 Å². The van der Waals surface area contributed by atoms with E-state index in [1.807, 2.05) is 60.4 Å². The highest BCUT2D eigenvalue weighted by atomic mass is 35.5. The van der Waals surface area contributed by atoms with Gasteiger partial charge in [0.1, 0.15) is 10.8 Å². The second kappa shape index (κ2) is 7.50. The van der Waals surface area contributed by atoms with Crippen LogP contribution in [0.3, 0.4) is 0 Å². The normalized spacial score (nSPS) is 18.3. The third-order valence-corrected chi connectivity index (χ3v) is 5.48. The van der Waals surface area contributed by atoms with E-state index >= 15 is 0 Å². The average Bonchev–Trinajstić information content (AvgIpc) is 2.97. The summed E-state index contributed by atoms with van der Waals surface area (Å²) in [5.74, 6) is 0.334. The van der Waals surface area contributed by atoms with Crippen LogP contribution in [0.5, 0.6) is 0 Å². The van der Waals surface area contributed by atoms with Gasteiger partial charge in [0.05, 0.1) is 5.75 Å². The van der Waals surface area contributed by atoms with Gasteiger partial charge in [-0.3, -0.25) is 14.5 Å². The minimum atomic E-state index is -0.584. The molecule has 6 heteroatoms. The van der Waals surface area contributed by atoms with Crippen LogP contribution < -0.4 is 10.2 Å². The first-order chi connectivity index (χ1) is 12.0. The van der Waals surface area contributed by atoms with Crippen molar-refractivity contribution >= 4 is 46.6 Å². The maximum Gasteiger partial charge on any atom is 0.242 e. The van der Waals surface area contributed by atoms with Gasteiger partial charge in [0.25, 0.3) is 0 Å². The molecule has 130 valence electrons. The summed E-state index contributed by atoms with van der Waals surface area (Å²) in [7, 11) is 0. The molecule has 3 rings (SSSR count). The number of thioether (sulfide) groups is 1. The topological polar surface area (TPSA) is 49.4 Å². The molecule has 0 bridgehead atoms. The predicted octanol–water partition coefficient (Wildman–Crippen LogP) is 4.34. The van der Waals surface area contributed by atoms with Crippen molar-refractivity contribution in [2.75, 3.05) is 16.0 Å². The lowest BCUT2D eigenvalue weighted by molar-refractivity contribution is -0.116. The van der Waals surface area contributed by atoms with Gasteiger partial charge in [0, 0.05) is 11.4 Å². The van der Waals surface area contributed by atoms with Gasteiger partial charge in [0.2, 0.25) is 11.8 Å². The third kappa shape index (κ3) is 3.83. The first-order valence-electron chi connectivity index (χ1n) is 8.01. The molecule has 1 heterocycles. The van der Waals surface area contributed by atoms with Gasteiger partial charge < -0.3 is 5.32 Å². The van der Waals surface area contributed by atoms with Crippen molar-refractivity contribution in [3.05, 3.63) is 59.7 Å². The fraction of sp³-hybridized carbons (Fsp3) is 0.263. The van der Waals surface area contributed by atoms with Gasteiger partial charge in [-0.2, -0.15) is 0 Å². The van der Waals surface area contributed by atoms with Crippen LogP contribution in [0, 0.1) is 6.92 Å². The summed E-state index contributed by atoms with van der Waals surface area (Å²) in [4.78, 5) is 26.0. The second-order valence-corrected chi connectivity index (χ2v) is 7.66. The summed E-state index contributed by atoms with van der Waals surface area (Å²) in [6.45, 7) is 3.64. The van der Waals surface area contributed by atoms with E-state index in [2.05, 4.69) is 5.32 Å². The van der Waals surface area contributed by atoms with Crippen molar-refractivity contribution in [2.45, 2.75) is 24.6 Å². The zero-order chi connectivity index (χ0) is 18.0. The van der Waals surface area contributed by atoms with Gasteiger partial charge >= 0.3 is 0 Å². The van der Waals surface area contributed by atoms with Crippen LogP contribution >= 0.6 is 23.4 Å². The Morgan fingerprint density at radius 1 is 1.24 bits per heavy atom. The molecule has 25 heavy (non-hydrogen) atoms. The van der Waals surface area contributed by atoms with E-state index in [-0.39, 0.29) is 17.2 Å². The molecule has 2 amide bonds. The number of para-hydroxylation sites is 1. The van der Waals surface area contributed by atoms with Crippen LogP contribution in [0.2, 0.25) is 0 Å². The number of halogens is 1. The lowest BCUT2D eigenvalue weighted by atomic mass is 10.1. The Bertz CT molecular complexity index is 792. The number of carbonyl (C=O) groups excluding carboxylic acids is 2. The van der Waals surface area contributed by atoms with Gasteiger partial charge in [-0.1, -0.05) is 30.3 Å². The Morgan fingerprint density at radius 3 is 2.56 bits per heavy atom. The summed E-state index contributed by atoms with van der Waals surface area (Å²) < 4.78 is 0. The fourth-order valence-electron chi connectivity index (χ4n) is 2.74. The molecule has 0 aromatic heterocycles. The van der Waals surface area contributed by atoms with Gasteiger partial charge in [-0.05, 0) is 43.2 Å². The zero-order valence-electron chi connectivity index (χ0n) is 14.0. The summed E-state index contributed by atoms with van der Waals surface area (Å²) in [5.41, 5.74) is 3.73. The van der Waals surface area contributed by atoms with E-state index in [1.165, 1.54) is 0 Å². The Kier molecular flexibility index (Phi) is 5.35. The molecule has 2 aromatic carbocycles. The molecule has 0 aliphatic carbocycles. The molecule has 0 saturated carbocycles. The van der Waals surface area contributed by atoms with E-state index in [4.69, 9.17) is 11.6 Å². The molecule has 2 aromatic rings. The van der Waals surface area contributed by atoms with Crippen molar-refractivity contribution in [1.82, 2.24) is 0 Å². The van der Waals surface area contributed by atoms with E-state index < -0.39 is 5.38 Å². The minimum Gasteiger partial charge on any atom is -0.325 e. The second-order valence-electron chi connectivity index (χ2n) is 5.94. The van der Waals surface area contributed by atoms with Gasteiger partial charge in [-0.15, -0.1) is 23.4 Å². The van der Waals surface area contributed by atoms with Crippen molar-refractivity contribution in [2.24, 2.45) is 0 Å². The molecule has 0 radical (unpaired) electrons. The first-order valence-corrected chi connectivity index (χ1v) is 9.50. The van der Waals surface area contributed by atoms with E-state index in [1.54, 1.807) is 18.7 Å². The summed E-state index contributed by atoms with van der Waals surface area (Å²) in [6, 6.07) is 15.5. The van der Waals surface area contributed by atoms with Gasteiger partial charge in [-0.25, -0.2) is 0 Å². The molecule has 0 unspecified atom stereocenters. The Hall–Kier alpha value is -1.98. The average molecular weight is 375 g/mol. The van der Waals surface area contributed by atoms with Crippen molar-refractivity contribution in [3.8, 4) is 0 Å². The van der Waals surface area contributed by atoms with E-state index in [0.717, 1.165) is 16.8 Å². The molecule has 0 spiro atoms. The molecule has 1 saturated heterocycles. The molecule has 1 fully saturated rings. The van der Waals surface area contributed by atoms with Crippen LogP contribution in [-0.4, -0.2) is 22.9 Å². The quantitative estimate of drug-likeness (QED) is 0.810. The number of nitrogens with one attached hydrogen (secondary N) is 1. The number of hydrogen-bond donors (Lipinski definition) is 1. The third-order valence-electron chi connectivity index (χ3n) is 4.07. The molecule has 1 N–H and O–H groups in total. The minimum absolute atomic E-state index is 0.0645. The van der Waals surface area contributed by atoms with Crippen LogP contribution in [-0.2, 0) is 9.59 Å². The molecule has 1 aliphatic heterocycles. The first kappa shape index (κ1) is 17.8. The maximum atomic E-state index is 12.4. The van der Waals surface area contributed by atoms with Crippen LogP contribution in [0.25, 0.3) is 0 Å². The highest BCUT2D eigenvalue weighted by Crippen LogP contribution is 2.42. The summed E-state index contributed by atoms with van der Waals surface area (Å²) >= 11 is 7.38. The number of aryl methyl sites for hydroxylation is 1. The number of benzene rings is 2. The standard InChI is InChI=1S/C19H19ClN2O2S/c1-12-5-3-4-6-16(12)22-17(23)11-25-19(22)14-7-9-15(10-8-14)21-18(24)13(2)20/h3-10,13,19H,11H2,1-2H3,(H,21,24)/t13-,19+/m0/s1. The Balaban J connectivity index is 1.84. The lowest BCUT2D eigenvalue weighted by Gasteiger charge is -2.26. The number of rotatable bonds is 4. The molecule has 2 atom stereocenters. The summed E-state index contributed by atoms with van der Waals surface area (Å²) in [6.07, 6.45) is 0. The predicted molar refractivity (Wildman–Crippen MR) is 104 cm³/mol. The summed E-state index contributed by atoms with van der Waals surface area (Å²) in [5, 5.41) is 2.11. The monoisotopic (exact) mass is 374 g/mol. The van der Waals surface area contributed by atoms with Crippen molar-refractivity contribution in [1.29, 1.82) is 0 Å². The highest BCUT2D eigenvalue weighted by Gasteiger charge is 2.34. The van der Waals surface area contributed by atoms with Crippen molar-refractivity contribution in [3.63, 3.8) is 0 Å². The van der Waals surface area contributed by atoms with E-state index in [9.17, 15) is 9.59 Å². The molecular weight excluding hydrogens is 356 g/mol. The van der Waals surface area contributed by atoms with Crippen LogP contribution in [0.15, 0.2) is 48.5 Å². The fourth-order valence-corrected chi connectivity index (χ4v) is 3.96. The van der Waals surface area contributed by atoms with Gasteiger partial charge in [0.15, 0.2) is 0 Å². The molecular formula is C19H19ClN2O2S. The number of carbonyl (C=O) groups is 2. The number of anilines is 2. The maximum absolute atomic E-state index is 12.4. The number of amides is 2. The SMILES string of the molecule is Cc1ccccc1N1C(=O)CS[C@@H]1c1ccc(NC(=O)[C@H](C)Cl)cc1. The largest absolute Gasteiger partial charge is 0.325 e. The number of hydrogen-bond acceptors (Lipinski definition) is 3. The molecule has 1 aliphatic rings. The lowest BCUT2D eigenvalue weighted by Crippen LogP contribution is -2.28. The Labute approximate surface area is 156 Å². The van der Waals surface area contributed by atoms with Crippen LogP contribution in [0.1, 0.15) is 23.4 Å². The smallest absolute Gasteiger partial charge is 0.242 e. The van der Waals surface area contributed by atoms with E-state index in [0.29, 0.717) is 11.4 Å². The molecule has 4 nitrogen and oxygen atoms in total. The highest BCUT2D eigenvalue weighted by molar-refractivity contribution is 8.00.